The molecule has 0 saturated heterocycles. The monoisotopic (exact) mass is 194 g/mol. The lowest BCUT2D eigenvalue weighted by molar-refractivity contribution is 0.826. The van der Waals surface area contributed by atoms with Crippen LogP contribution in [0.2, 0.25) is 6.04 Å². The first kappa shape index (κ1) is 11.4. The van der Waals surface area contributed by atoms with Gasteiger partial charge in [-0.2, -0.15) is 0 Å². The zero-order valence-electron chi connectivity index (χ0n) is 7.71. The molecule has 1 atom stereocenters. The zero-order chi connectivity index (χ0) is 8.74. The van der Waals surface area contributed by atoms with E-state index in [0.29, 0.717) is 0 Å². The van der Waals surface area contributed by atoms with Gasteiger partial charge in [0.15, 0.2) is 0 Å². The fourth-order valence-corrected chi connectivity index (χ4v) is 3.81. The molecule has 68 valence electrons. The summed E-state index contributed by atoms with van der Waals surface area (Å²) in [6, 6.07) is 1.11. The summed E-state index contributed by atoms with van der Waals surface area (Å²) in [7, 11) is 0.170. The van der Waals surface area contributed by atoms with Gasteiger partial charge in [0, 0.05) is 0 Å². The molecule has 0 saturated carbocycles. The number of halogens is 1. The van der Waals surface area contributed by atoms with E-state index in [2.05, 4.69) is 23.8 Å². The quantitative estimate of drug-likeness (QED) is 0.498. The molecule has 0 aromatic rings. The highest BCUT2D eigenvalue weighted by molar-refractivity contribution is 7.17. The molecule has 0 aromatic heterocycles. The van der Waals surface area contributed by atoms with E-state index in [0.717, 1.165) is 12.6 Å². The van der Waals surface area contributed by atoms with E-state index in [4.69, 9.17) is 11.1 Å². The fourth-order valence-electron chi connectivity index (χ4n) is 1.00. The molecule has 4 heteroatoms. The van der Waals surface area contributed by atoms with Gasteiger partial charge in [-0.15, -0.1) is 11.1 Å². The van der Waals surface area contributed by atoms with Gasteiger partial charge in [0.1, 0.15) is 0 Å². The van der Waals surface area contributed by atoms with Crippen molar-refractivity contribution in [3.8, 4) is 0 Å². The average molecular weight is 195 g/mol. The Morgan fingerprint density at radius 2 is 2.00 bits per heavy atom. The maximum Gasteiger partial charge on any atom is 0.302 e. The third-order valence-corrected chi connectivity index (χ3v) is 6.01. The second-order valence-corrected chi connectivity index (χ2v) is 7.58. The third-order valence-electron chi connectivity index (χ3n) is 1.73. The van der Waals surface area contributed by atoms with E-state index in [1.165, 1.54) is 12.8 Å². The highest BCUT2D eigenvalue weighted by Crippen LogP contribution is 2.11. The first-order valence-electron chi connectivity index (χ1n) is 4.31. The van der Waals surface area contributed by atoms with Gasteiger partial charge < -0.3 is 9.96 Å². The maximum absolute atomic E-state index is 6.32. The number of nitrogens with one attached hydrogen (secondary N) is 2. The van der Waals surface area contributed by atoms with E-state index in [1.54, 1.807) is 0 Å². The third kappa shape index (κ3) is 4.79. The van der Waals surface area contributed by atoms with E-state index in [9.17, 15) is 0 Å². The van der Waals surface area contributed by atoms with Gasteiger partial charge in [-0.3, -0.25) is 0 Å². The van der Waals surface area contributed by atoms with Gasteiger partial charge in [-0.05, 0) is 19.6 Å². The second-order valence-electron chi connectivity index (χ2n) is 2.69. The van der Waals surface area contributed by atoms with Crippen LogP contribution in [-0.2, 0) is 0 Å². The molecule has 11 heavy (non-hydrogen) atoms. The lowest BCUT2D eigenvalue weighted by Gasteiger charge is -2.23. The van der Waals surface area contributed by atoms with Crippen molar-refractivity contribution >= 4 is 18.8 Å². The van der Waals surface area contributed by atoms with Crippen molar-refractivity contribution in [2.75, 3.05) is 13.6 Å². The van der Waals surface area contributed by atoms with Gasteiger partial charge in [0.2, 0.25) is 0 Å². The SMILES string of the molecule is CCCC[Si](Cl)(NC)NCC. The molecule has 0 aliphatic carbocycles. The van der Waals surface area contributed by atoms with Crippen LogP contribution in [0.25, 0.3) is 0 Å². The molecule has 0 aliphatic heterocycles. The van der Waals surface area contributed by atoms with Crippen LogP contribution in [0, 0.1) is 0 Å². The Hall–Kier alpha value is 0.427. The van der Waals surface area contributed by atoms with Crippen molar-refractivity contribution in [2.45, 2.75) is 32.7 Å². The predicted octanol–water partition coefficient (Wildman–Crippen LogP) is 1.79. The van der Waals surface area contributed by atoms with Crippen molar-refractivity contribution < 1.29 is 0 Å². The van der Waals surface area contributed by atoms with Gasteiger partial charge in [0.25, 0.3) is 0 Å². The number of hydrogen-bond acceptors (Lipinski definition) is 2. The Kier molecular flexibility index (Phi) is 6.23. The zero-order valence-corrected chi connectivity index (χ0v) is 9.46. The topological polar surface area (TPSA) is 24.1 Å². The summed E-state index contributed by atoms with van der Waals surface area (Å²) in [6.45, 7) is 5.24. The molecule has 0 bridgehead atoms. The first-order chi connectivity index (χ1) is 5.18. The molecule has 0 radical (unpaired) electrons. The van der Waals surface area contributed by atoms with Crippen molar-refractivity contribution in [3.63, 3.8) is 0 Å². The fraction of sp³-hybridized carbons (Fsp3) is 1.00. The van der Waals surface area contributed by atoms with Gasteiger partial charge >= 0.3 is 7.71 Å². The first-order valence-corrected chi connectivity index (χ1v) is 7.53. The van der Waals surface area contributed by atoms with Crippen LogP contribution in [0.5, 0.6) is 0 Å². The summed E-state index contributed by atoms with van der Waals surface area (Å²) in [6.07, 6.45) is 2.43. The number of rotatable bonds is 6. The van der Waals surface area contributed by atoms with Crippen molar-refractivity contribution in [1.82, 2.24) is 9.96 Å². The molecule has 2 N–H and O–H groups in total. The summed E-state index contributed by atoms with van der Waals surface area (Å²) in [5, 5.41) is 0. The van der Waals surface area contributed by atoms with E-state index in [-0.39, 0.29) is 0 Å². The molecule has 0 aromatic carbocycles. The second kappa shape index (κ2) is 6.00. The van der Waals surface area contributed by atoms with Crippen LogP contribution >= 0.6 is 11.1 Å². The van der Waals surface area contributed by atoms with Crippen LogP contribution in [0.1, 0.15) is 26.7 Å². The van der Waals surface area contributed by atoms with Crippen LogP contribution in [0.4, 0.5) is 0 Å². The Morgan fingerprint density at radius 3 is 2.36 bits per heavy atom. The van der Waals surface area contributed by atoms with Gasteiger partial charge in [-0.1, -0.05) is 26.7 Å². The summed E-state index contributed by atoms with van der Waals surface area (Å²) in [4.78, 5) is 6.54. The van der Waals surface area contributed by atoms with Gasteiger partial charge in [0.05, 0.1) is 0 Å². The Labute approximate surface area is 75.6 Å². The number of unbranched alkanes of at least 4 members (excludes halogenated alkanes) is 1. The molecule has 1 unspecified atom stereocenters. The average Bonchev–Trinajstić information content (AvgIpc) is 2.02. The molecule has 0 spiro atoms. The van der Waals surface area contributed by atoms with Crippen molar-refractivity contribution in [1.29, 1.82) is 0 Å². The normalized spacial score (nSPS) is 16.4. The summed E-state index contributed by atoms with van der Waals surface area (Å²) < 4.78 is 0. The van der Waals surface area contributed by atoms with Crippen LogP contribution in [0.3, 0.4) is 0 Å². The van der Waals surface area contributed by atoms with E-state index < -0.39 is 7.71 Å². The lowest BCUT2D eigenvalue weighted by atomic mass is 10.4. The minimum atomic E-state index is -1.77. The minimum Gasteiger partial charge on any atom is -0.316 e. The number of hydrogen-bond donors (Lipinski definition) is 2. The molecule has 0 fully saturated rings. The Morgan fingerprint density at radius 1 is 1.36 bits per heavy atom. The molecule has 0 aliphatic rings. The Bertz CT molecular complexity index is 102. The van der Waals surface area contributed by atoms with Crippen LogP contribution in [0.15, 0.2) is 0 Å². The molecule has 2 nitrogen and oxygen atoms in total. The summed E-state index contributed by atoms with van der Waals surface area (Å²) in [5.41, 5.74) is 0. The maximum atomic E-state index is 6.32. The van der Waals surface area contributed by atoms with E-state index >= 15 is 0 Å². The summed E-state index contributed by atoms with van der Waals surface area (Å²) in [5.74, 6) is 0. The van der Waals surface area contributed by atoms with Crippen molar-refractivity contribution in [3.05, 3.63) is 0 Å². The minimum absolute atomic E-state index is 0.959. The molecule has 0 heterocycles. The predicted molar refractivity (Wildman–Crippen MR) is 54.1 cm³/mol. The molecule has 0 rings (SSSR count). The van der Waals surface area contributed by atoms with Crippen molar-refractivity contribution in [2.24, 2.45) is 0 Å². The van der Waals surface area contributed by atoms with E-state index in [1.807, 2.05) is 7.05 Å². The molecule has 0 amide bonds. The smallest absolute Gasteiger partial charge is 0.302 e. The van der Waals surface area contributed by atoms with Crippen LogP contribution < -0.4 is 9.96 Å². The standard InChI is InChI=1S/C7H19ClN2Si/c1-4-6-7-11(8,9-3)10-5-2/h9-10H,4-7H2,1-3H3. The highest BCUT2D eigenvalue weighted by Gasteiger charge is 2.27. The largest absolute Gasteiger partial charge is 0.316 e. The molecular formula is C7H19ClN2Si. The highest BCUT2D eigenvalue weighted by atomic mass is 35.6. The molecular weight excluding hydrogens is 176 g/mol. The van der Waals surface area contributed by atoms with Crippen LogP contribution in [-0.4, -0.2) is 21.3 Å². The summed E-state index contributed by atoms with van der Waals surface area (Å²) >= 11 is 6.32. The lowest BCUT2D eigenvalue weighted by Crippen LogP contribution is -2.56. The van der Waals surface area contributed by atoms with Gasteiger partial charge in [-0.25, -0.2) is 0 Å². The Balaban J connectivity index is 3.68.